The molecule has 0 saturated heterocycles. The van der Waals surface area contributed by atoms with E-state index in [-0.39, 0.29) is 6.04 Å². The minimum Gasteiger partial charge on any atom is -0.358 e. The highest BCUT2D eigenvalue weighted by atomic mass is 19.1. The van der Waals surface area contributed by atoms with Gasteiger partial charge in [0.1, 0.15) is 29.3 Å². The third kappa shape index (κ3) is 2.94. The van der Waals surface area contributed by atoms with Gasteiger partial charge < -0.3 is 10.3 Å². The van der Waals surface area contributed by atoms with Crippen molar-refractivity contribution in [1.82, 2.24) is 34.5 Å². The van der Waals surface area contributed by atoms with E-state index in [1.54, 1.807) is 10.6 Å². The Morgan fingerprint density at radius 1 is 1.07 bits per heavy atom. The number of rotatable bonds is 4. The van der Waals surface area contributed by atoms with Crippen LogP contribution < -0.4 is 5.32 Å². The van der Waals surface area contributed by atoms with Crippen molar-refractivity contribution in [2.24, 2.45) is 0 Å². The zero-order chi connectivity index (χ0) is 20.0. The van der Waals surface area contributed by atoms with Crippen molar-refractivity contribution in [2.45, 2.75) is 13.0 Å². The third-order valence-electron chi connectivity index (χ3n) is 4.55. The highest BCUT2D eigenvalue weighted by Crippen LogP contribution is 2.28. The standard InChI is InChI=1S/C19H14F2N8/c1-10(27-18-16-17(24-8-23-16)25-9-26-18)19-28-14-3-2-11(20)5-15(14)29(19)13-4-12(21)6-22-7-13/h2-10H,1H3,(H2,23,24,25,26,27)/t10-/m0/s1. The van der Waals surface area contributed by atoms with Crippen LogP contribution in [0.3, 0.4) is 0 Å². The van der Waals surface area contributed by atoms with Gasteiger partial charge in [0.05, 0.1) is 41.5 Å². The number of pyridine rings is 1. The molecule has 0 radical (unpaired) electrons. The Labute approximate surface area is 162 Å². The SMILES string of the molecule is C[C@H](Nc1ncnc2nc[nH]c12)c1nc2ccc(F)cc2n1-c1cncc(F)c1. The molecule has 4 aromatic heterocycles. The minimum atomic E-state index is -0.498. The van der Waals surface area contributed by atoms with Crippen LogP contribution in [0, 0.1) is 11.6 Å². The number of nitrogens with one attached hydrogen (secondary N) is 2. The average molecular weight is 392 g/mol. The summed E-state index contributed by atoms with van der Waals surface area (Å²) in [6.45, 7) is 1.88. The fourth-order valence-corrected chi connectivity index (χ4v) is 3.30. The predicted octanol–water partition coefficient (Wildman–Crippen LogP) is 3.54. The molecule has 8 nitrogen and oxygen atoms in total. The number of fused-ring (bicyclic) bond motifs is 2. The zero-order valence-corrected chi connectivity index (χ0v) is 15.1. The number of anilines is 1. The first-order valence-electron chi connectivity index (χ1n) is 8.79. The number of halogens is 2. The lowest BCUT2D eigenvalue weighted by molar-refractivity contribution is 0.619. The van der Waals surface area contributed by atoms with Crippen LogP contribution in [0.1, 0.15) is 18.8 Å². The van der Waals surface area contributed by atoms with Crippen LogP contribution in [0.4, 0.5) is 14.6 Å². The number of H-pyrrole nitrogens is 1. The van der Waals surface area contributed by atoms with Crippen molar-refractivity contribution in [3.63, 3.8) is 0 Å². The van der Waals surface area contributed by atoms with Gasteiger partial charge in [-0.1, -0.05) is 0 Å². The predicted molar refractivity (Wildman–Crippen MR) is 103 cm³/mol. The van der Waals surface area contributed by atoms with Crippen molar-refractivity contribution < 1.29 is 8.78 Å². The van der Waals surface area contributed by atoms with Crippen molar-refractivity contribution in [3.05, 3.63) is 66.8 Å². The molecule has 0 spiro atoms. The highest BCUT2D eigenvalue weighted by Gasteiger charge is 2.20. The number of hydrogen-bond acceptors (Lipinski definition) is 6. The van der Waals surface area contributed by atoms with Crippen LogP contribution in [0.25, 0.3) is 27.9 Å². The maximum atomic E-state index is 13.9. The molecular weight excluding hydrogens is 378 g/mol. The van der Waals surface area contributed by atoms with E-state index >= 15 is 0 Å². The van der Waals surface area contributed by atoms with Crippen LogP contribution in [0.2, 0.25) is 0 Å². The number of hydrogen-bond donors (Lipinski definition) is 2. The lowest BCUT2D eigenvalue weighted by Gasteiger charge is -2.17. The summed E-state index contributed by atoms with van der Waals surface area (Å²) in [4.78, 5) is 24.0. The van der Waals surface area contributed by atoms with Crippen LogP contribution in [-0.4, -0.2) is 34.5 Å². The largest absolute Gasteiger partial charge is 0.358 e. The van der Waals surface area contributed by atoms with Gasteiger partial charge in [-0.25, -0.2) is 28.7 Å². The van der Waals surface area contributed by atoms with Gasteiger partial charge in [0.25, 0.3) is 0 Å². The van der Waals surface area contributed by atoms with Crippen LogP contribution in [0.5, 0.6) is 0 Å². The number of aromatic nitrogens is 7. The Balaban J connectivity index is 1.66. The molecule has 1 aromatic carbocycles. The van der Waals surface area contributed by atoms with E-state index in [1.807, 2.05) is 6.92 Å². The normalized spacial score (nSPS) is 12.5. The lowest BCUT2D eigenvalue weighted by atomic mass is 10.2. The highest BCUT2D eigenvalue weighted by molar-refractivity contribution is 5.82. The summed E-state index contributed by atoms with van der Waals surface area (Å²) in [5, 5.41) is 3.27. The molecule has 0 aliphatic rings. The Kier molecular flexibility index (Phi) is 3.90. The van der Waals surface area contributed by atoms with Crippen molar-refractivity contribution in [1.29, 1.82) is 0 Å². The van der Waals surface area contributed by atoms with Crippen LogP contribution in [0.15, 0.2) is 49.3 Å². The van der Waals surface area contributed by atoms with Crippen molar-refractivity contribution >= 4 is 28.0 Å². The number of nitrogens with zero attached hydrogens (tertiary/aromatic N) is 6. The Morgan fingerprint density at radius 3 is 2.83 bits per heavy atom. The molecule has 0 amide bonds. The maximum Gasteiger partial charge on any atom is 0.182 e. The maximum absolute atomic E-state index is 13.9. The number of benzene rings is 1. The second-order valence-electron chi connectivity index (χ2n) is 6.49. The van der Waals surface area contributed by atoms with E-state index in [0.717, 1.165) is 6.20 Å². The first kappa shape index (κ1) is 17.2. The van der Waals surface area contributed by atoms with E-state index in [9.17, 15) is 8.78 Å². The Bertz CT molecular complexity index is 1340. The molecule has 4 heterocycles. The molecule has 5 rings (SSSR count). The summed E-state index contributed by atoms with van der Waals surface area (Å²) < 4.78 is 29.5. The van der Waals surface area contributed by atoms with Crippen LogP contribution >= 0.6 is 0 Å². The summed E-state index contributed by atoms with van der Waals surface area (Å²) in [5.41, 5.74) is 2.71. The van der Waals surface area contributed by atoms with Gasteiger partial charge in [0, 0.05) is 12.1 Å². The summed E-state index contributed by atoms with van der Waals surface area (Å²) >= 11 is 0. The third-order valence-corrected chi connectivity index (χ3v) is 4.55. The summed E-state index contributed by atoms with van der Waals surface area (Å²) in [6, 6.07) is 5.25. The Hall–Kier alpha value is -3.95. The zero-order valence-electron chi connectivity index (χ0n) is 15.1. The van der Waals surface area contributed by atoms with Crippen molar-refractivity contribution in [2.75, 3.05) is 5.32 Å². The molecule has 0 unspecified atom stereocenters. The quantitative estimate of drug-likeness (QED) is 0.486. The van der Waals surface area contributed by atoms with Crippen LogP contribution in [-0.2, 0) is 0 Å². The average Bonchev–Trinajstić information content (AvgIpc) is 3.33. The first-order chi connectivity index (χ1) is 14.1. The van der Waals surface area contributed by atoms with Crippen molar-refractivity contribution in [3.8, 4) is 5.69 Å². The fourth-order valence-electron chi connectivity index (χ4n) is 3.30. The lowest BCUT2D eigenvalue weighted by Crippen LogP contribution is -2.14. The summed E-state index contributed by atoms with van der Waals surface area (Å²) in [7, 11) is 0. The van der Waals surface area contributed by atoms with Gasteiger partial charge in [0.15, 0.2) is 11.5 Å². The molecular formula is C19H14F2N8. The van der Waals surface area contributed by atoms with Gasteiger partial charge >= 0.3 is 0 Å². The molecule has 10 heteroatoms. The summed E-state index contributed by atoms with van der Waals surface area (Å²) in [6.07, 6.45) is 5.56. The monoisotopic (exact) mass is 392 g/mol. The van der Waals surface area contributed by atoms with E-state index < -0.39 is 11.6 Å². The molecule has 144 valence electrons. The van der Waals surface area contributed by atoms with E-state index in [2.05, 4.69) is 35.2 Å². The topological polar surface area (TPSA) is 97.2 Å². The minimum absolute atomic E-state index is 0.366. The van der Waals surface area contributed by atoms with E-state index in [0.29, 0.717) is 39.5 Å². The fraction of sp³-hybridized carbons (Fsp3) is 0.105. The number of imidazole rings is 2. The smallest absolute Gasteiger partial charge is 0.182 e. The molecule has 0 fully saturated rings. The van der Waals surface area contributed by atoms with Gasteiger partial charge in [-0.3, -0.25) is 9.55 Å². The molecule has 0 bridgehead atoms. The van der Waals surface area contributed by atoms with Gasteiger partial charge in [-0.2, -0.15) is 0 Å². The first-order valence-corrected chi connectivity index (χ1v) is 8.79. The second kappa shape index (κ2) is 6.59. The van der Waals surface area contributed by atoms with E-state index in [4.69, 9.17) is 0 Å². The number of aromatic amines is 1. The van der Waals surface area contributed by atoms with Gasteiger partial charge in [-0.05, 0) is 19.1 Å². The molecule has 5 aromatic rings. The Morgan fingerprint density at radius 2 is 1.97 bits per heavy atom. The van der Waals surface area contributed by atoms with Gasteiger partial charge in [-0.15, -0.1) is 0 Å². The van der Waals surface area contributed by atoms with E-state index in [1.165, 1.54) is 37.1 Å². The molecule has 29 heavy (non-hydrogen) atoms. The molecule has 0 aliphatic carbocycles. The molecule has 0 saturated carbocycles. The molecule has 1 atom stereocenters. The second-order valence-corrected chi connectivity index (χ2v) is 6.49. The molecule has 2 N–H and O–H groups in total. The van der Waals surface area contributed by atoms with Gasteiger partial charge in [0.2, 0.25) is 0 Å². The molecule has 0 aliphatic heterocycles. The summed E-state index contributed by atoms with van der Waals surface area (Å²) in [5.74, 6) is 0.179.